The maximum atomic E-state index is 12.7. The summed E-state index contributed by atoms with van der Waals surface area (Å²) in [4.78, 5) is 19.0. The molecule has 25 heavy (non-hydrogen) atoms. The van der Waals surface area contributed by atoms with Gasteiger partial charge < -0.3 is 4.74 Å². The van der Waals surface area contributed by atoms with Crippen molar-refractivity contribution in [2.24, 2.45) is 4.99 Å². The number of benzene rings is 2. The number of thioether (sulfide) groups is 1. The summed E-state index contributed by atoms with van der Waals surface area (Å²) in [7, 11) is 1.64. The van der Waals surface area contributed by atoms with E-state index in [1.165, 1.54) is 11.1 Å². The van der Waals surface area contributed by atoms with Crippen LogP contribution >= 0.6 is 11.8 Å². The fourth-order valence-electron chi connectivity index (χ4n) is 2.71. The summed E-state index contributed by atoms with van der Waals surface area (Å²) in [5.41, 5.74) is 3.54. The number of hydrogen-bond donors (Lipinski definition) is 0. The first-order valence-electron chi connectivity index (χ1n) is 8.32. The SMILES string of the molecule is COc1ccc(CC(=O)N2CCN=C2SCc2ccccc2C)cc1. The van der Waals surface area contributed by atoms with E-state index in [9.17, 15) is 4.79 Å². The molecule has 0 saturated heterocycles. The Morgan fingerprint density at radius 2 is 1.96 bits per heavy atom. The molecule has 0 aromatic heterocycles. The summed E-state index contributed by atoms with van der Waals surface area (Å²) in [6.07, 6.45) is 0.383. The minimum Gasteiger partial charge on any atom is -0.497 e. The van der Waals surface area contributed by atoms with Crippen molar-refractivity contribution in [3.05, 3.63) is 65.2 Å². The quantitative estimate of drug-likeness (QED) is 0.822. The van der Waals surface area contributed by atoms with Gasteiger partial charge in [-0.1, -0.05) is 48.2 Å². The van der Waals surface area contributed by atoms with Gasteiger partial charge >= 0.3 is 0 Å². The number of carbonyl (C=O) groups is 1. The van der Waals surface area contributed by atoms with E-state index < -0.39 is 0 Å². The number of aryl methyl sites for hydroxylation is 1. The van der Waals surface area contributed by atoms with Crippen LogP contribution in [0.5, 0.6) is 5.75 Å². The van der Waals surface area contributed by atoms with Gasteiger partial charge in [-0.3, -0.25) is 14.7 Å². The zero-order chi connectivity index (χ0) is 17.6. The highest BCUT2D eigenvalue weighted by atomic mass is 32.2. The van der Waals surface area contributed by atoms with E-state index >= 15 is 0 Å². The highest BCUT2D eigenvalue weighted by Crippen LogP contribution is 2.22. The Morgan fingerprint density at radius 1 is 1.20 bits per heavy atom. The van der Waals surface area contributed by atoms with Gasteiger partial charge in [-0.2, -0.15) is 0 Å². The number of rotatable bonds is 5. The number of hydrogen-bond acceptors (Lipinski definition) is 4. The third-order valence-corrected chi connectivity index (χ3v) is 5.30. The average Bonchev–Trinajstić information content (AvgIpc) is 3.10. The highest BCUT2D eigenvalue weighted by Gasteiger charge is 2.24. The number of ether oxygens (including phenoxy) is 1. The highest BCUT2D eigenvalue weighted by molar-refractivity contribution is 8.13. The summed E-state index contributed by atoms with van der Waals surface area (Å²) in [5, 5.41) is 0.835. The van der Waals surface area contributed by atoms with Crippen molar-refractivity contribution >= 4 is 22.8 Å². The molecular formula is C20H22N2O2S. The molecule has 0 fully saturated rings. The van der Waals surface area contributed by atoms with Crippen molar-refractivity contribution in [3.63, 3.8) is 0 Å². The van der Waals surface area contributed by atoms with Crippen LogP contribution < -0.4 is 4.74 Å². The fourth-order valence-corrected chi connectivity index (χ4v) is 3.85. The molecule has 0 atom stereocenters. The van der Waals surface area contributed by atoms with Crippen LogP contribution in [0.4, 0.5) is 0 Å². The Hall–Kier alpha value is -2.27. The zero-order valence-corrected chi connectivity index (χ0v) is 15.4. The van der Waals surface area contributed by atoms with E-state index in [-0.39, 0.29) is 5.91 Å². The molecule has 0 radical (unpaired) electrons. The van der Waals surface area contributed by atoms with Crippen molar-refractivity contribution in [1.82, 2.24) is 4.90 Å². The minimum absolute atomic E-state index is 0.0960. The predicted molar refractivity (Wildman–Crippen MR) is 103 cm³/mol. The Kier molecular flexibility index (Phi) is 5.76. The van der Waals surface area contributed by atoms with Gasteiger partial charge in [0.1, 0.15) is 5.75 Å². The lowest BCUT2D eigenvalue weighted by Gasteiger charge is -2.18. The Labute approximate surface area is 152 Å². The van der Waals surface area contributed by atoms with Gasteiger partial charge in [-0.05, 0) is 35.7 Å². The summed E-state index contributed by atoms with van der Waals surface area (Å²) < 4.78 is 5.16. The first-order chi connectivity index (χ1) is 12.2. The Morgan fingerprint density at radius 3 is 2.68 bits per heavy atom. The van der Waals surface area contributed by atoms with E-state index in [4.69, 9.17) is 4.74 Å². The Balaban J connectivity index is 1.60. The standard InChI is InChI=1S/C20H22N2O2S/c1-15-5-3-4-6-17(15)14-25-20-21-11-12-22(20)19(23)13-16-7-9-18(24-2)10-8-16/h3-10H,11-14H2,1-2H3. The van der Waals surface area contributed by atoms with Crippen LogP contribution in [0.3, 0.4) is 0 Å². The van der Waals surface area contributed by atoms with Gasteiger partial charge in [-0.15, -0.1) is 0 Å². The van der Waals surface area contributed by atoms with Gasteiger partial charge in [-0.25, -0.2) is 0 Å². The van der Waals surface area contributed by atoms with Crippen molar-refractivity contribution in [1.29, 1.82) is 0 Å². The molecule has 2 aromatic carbocycles. The van der Waals surface area contributed by atoms with Crippen molar-refractivity contribution in [2.75, 3.05) is 20.2 Å². The van der Waals surface area contributed by atoms with Crippen LogP contribution in [-0.4, -0.2) is 36.2 Å². The second-order valence-electron chi connectivity index (χ2n) is 5.95. The maximum absolute atomic E-state index is 12.7. The lowest BCUT2D eigenvalue weighted by atomic mass is 10.1. The van der Waals surface area contributed by atoms with E-state index in [1.54, 1.807) is 18.9 Å². The van der Waals surface area contributed by atoms with Crippen LogP contribution in [0.2, 0.25) is 0 Å². The molecule has 4 nitrogen and oxygen atoms in total. The molecule has 1 aliphatic heterocycles. The van der Waals surface area contributed by atoms with Crippen LogP contribution in [0.1, 0.15) is 16.7 Å². The molecule has 0 aliphatic carbocycles. The predicted octanol–water partition coefficient (Wildman–Crippen LogP) is 3.68. The molecule has 1 amide bonds. The van der Waals surface area contributed by atoms with Crippen molar-refractivity contribution in [2.45, 2.75) is 19.1 Å². The molecule has 0 bridgehead atoms. The number of methoxy groups -OCH3 is 1. The van der Waals surface area contributed by atoms with Gasteiger partial charge in [0.2, 0.25) is 5.91 Å². The van der Waals surface area contributed by atoms with Crippen LogP contribution in [0, 0.1) is 6.92 Å². The lowest BCUT2D eigenvalue weighted by Crippen LogP contribution is -2.34. The molecule has 0 saturated carbocycles. The van der Waals surface area contributed by atoms with Crippen LogP contribution in [0.25, 0.3) is 0 Å². The third-order valence-electron chi connectivity index (χ3n) is 4.24. The molecule has 5 heteroatoms. The van der Waals surface area contributed by atoms with E-state index in [0.29, 0.717) is 19.5 Å². The van der Waals surface area contributed by atoms with E-state index in [0.717, 1.165) is 22.2 Å². The number of amides is 1. The van der Waals surface area contributed by atoms with E-state index in [1.807, 2.05) is 41.3 Å². The number of aliphatic imine (C=N–C) groups is 1. The summed E-state index contributed by atoms with van der Waals surface area (Å²) in [6, 6.07) is 16.0. The second-order valence-corrected chi connectivity index (χ2v) is 6.89. The largest absolute Gasteiger partial charge is 0.497 e. The second kappa shape index (κ2) is 8.21. The van der Waals surface area contributed by atoms with Crippen LogP contribution in [0.15, 0.2) is 53.5 Å². The number of nitrogens with zero attached hydrogens (tertiary/aromatic N) is 2. The minimum atomic E-state index is 0.0960. The molecule has 1 heterocycles. The smallest absolute Gasteiger partial charge is 0.233 e. The molecule has 130 valence electrons. The van der Waals surface area contributed by atoms with Gasteiger partial charge in [0.25, 0.3) is 0 Å². The van der Waals surface area contributed by atoms with Gasteiger partial charge in [0.15, 0.2) is 5.17 Å². The zero-order valence-electron chi connectivity index (χ0n) is 14.6. The molecule has 2 aromatic rings. The van der Waals surface area contributed by atoms with Crippen molar-refractivity contribution < 1.29 is 9.53 Å². The summed E-state index contributed by atoms with van der Waals surface area (Å²) in [5.74, 6) is 1.73. The summed E-state index contributed by atoms with van der Waals surface area (Å²) in [6.45, 7) is 3.47. The Bertz CT molecular complexity index is 772. The molecule has 0 N–H and O–H groups in total. The fraction of sp³-hybridized carbons (Fsp3) is 0.300. The molecule has 3 rings (SSSR count). The van der Waals surface area contributed by atoms with Crippen LogP contribution in [-0.2, 0) is 17.0 Å². The first-order valence-corrected chi connectivity index (χ1v) is 9.31. The molecule has 1 aliphatic rings. The maximum Gasteiger partial charge on any atom is 0.233 e. The monoisotopic (exact) mass is 354 g/mol. The topological polar surface area (TPSA) is 41.9 Å². The molecular weight excluding hydrogens is 332 g/mol. The third kappa shape index (κ3) is 4.42. The normalized spacial score (nSPS) is 13.7. The van der Waals surface area contributed by atoms with E-state index in [2.05, 4.69) is 24.0 Å². The van der Waals surface area contributed by atoms with Gasteiger partial charge in [0.05, 0.1) is 20.1 Å². The number of carbonyl (C=O) groups excluding carboxylic acids is 1. The molecule has 0 unspecified atom stereocenters. The number of amidine groups is 1. The van der Waals surface area contributed by atoms with Crippen molar-refractivity contribution in [3.8, 4) is 5.75 Å². The van der Waals surface area contributed by atoms with Gasteiger partial charge in [0, 0.05) is 12.3 Å². The lowest BCUT2D eigenvalue weighted by molar-refractivity contribution is -0.126. The first kappa shape index (κ1) is 17.5. The summed E-state index contributed by atoms with van der Waals surface area (Å²) >= 11 is 1.64. The average molecular weight is 354 g/mol. The molecule has 0 spiro atoms.